The second-order valence-electron chi connectivity index (χ2n) is 14.2. The highest BCUT2D eigenvalue weighted by atomic mass is 14.9. The van der Waals surface area contributed by atoms with Crippen LogP contribution in [0.4, 0.5) is 0 Å². The lowest BCUT2D eigenvalue weighted by Gasteiger charge is -2.37. The highest BCUT2D eigenvalue weighted by Gasteiger charge is 2.33. The highest BCUT2D eigenvalue weighted by Crippen LogP contribution is 2.44. The van der Waals surface area contributed by atoms with E-state index in [1.807, 2.05) is 0 Å². The number of nitrogens with one attached hydrogen (secondary N) is 1. The molecule has 3 saturated carbocycles. The van der Waals surface area contributed by atoms with E-state index in [1.54, 1.807) is 11.1 Å². The summed E-state index contributed by atoms with van der Waals surface area (Å²) in [6, 6.07) is 0.643. The molecule has 5 atom stereocenters. The van der Waals surface area contributed by atoms with E-state index in [-0.39, 0.29) is 0 Å². The average Bonchev–Trinajstić information content (AvgIpc) is 3.57. The predicted molar refractivity (Wildman–Crippen MR) is 163 cm³/mol. The molecule has 0 saturated heterocycles. The summed E-state index contributed by atoms with van der Waals surface area (Å²) in [6.07, 6.45) is 33.1. The fourth-order valence-corrected chi connectivity index (χ4v) is 8.55. The van der Waals surface area contributed by atoms with Crippen molar-refractivity contribution in [3.05, 3.63) is 35.6 Å². The van der Waals surface area contributed by atoms with Crippen LogP contribution in [0.25, 0.3) is 0 Å². The van der Waals surface area contributed by atoms with Gasteiger partial charge in [-0.05, 0) is 111 Å². The van der Waals surface area contributed by atoms with E-state index in [4.69, 9.17) is 0 Å². The summed E-state index contributed by atoms with van der Waals surface area (Å²) in [5.74, 6) is 5.42. The Bertz CT molecular complexity index is 751. The lowest BCUT2D eigenvalue weighted by Crippen LogP contribution is -2.28. The summed E-state index contributed by atoms with van der Waals surface area (Å²) < 4.78 is 0. The molecule has 1 nitrogen and oxygen atoms in total. The minimum atomic E-state index is 0.643. The van der Waals surface area contributed by atoms with Gasteiger partial charge < -0.3 is 5.32 Å². The van der Waals surface area contributed by atoms with E-state index in [1.165, 1.54) is 134 Å². The molecule has 0 aromatic heterocycles. The van der Waals surface area contributed by atoms with Gasteiger partial charge in [0.1, 0.15) is 0 Å². The third kappa shape index (κ3) is 9.03. The Morgan fingerprint density at radius 3 is 2.32 bits per heavy atom. The van der Waals surface area contributed by atoms with Crippen molar-refractivity contribution < 1.29 is 0 Å². The first kappa shape index (κ1) is 29.0. The third-order valence-electron chi connectivity index (χ3n) is 11.1. The molecule has 0 aromatic carbocycles. The van der Waals surface area contributed by atoms with Crippen LogP contribution in [0.1, 0.15) is 149 Å². The lowest BCUT2D eigenvalue weighted by atomic mass is 9.68. The number of allylic oxidation sites excluding steroid dienone is 4. The van der Waals surface area contributed by atoms with Crippen LogP contribution in [0.5, 0.6) is 0 Å². The van der Waals surface area contributed by atoms with E-state index < -0.39 is 0 Å². The molecule has 1 N–H and O–H groups in total. The summed E-state index contributed by atoms with van der Waals surface area (Å²) in [6.45, 7) is 12.0. The second-order valence-corrected chi connectivity index (χ2v) is 14.2. The number of rotatable bonds is 8. The Labute approximate surface area is 231 Å². The molecule has 210 valence electrons. The van der Waals surface area contributed by atoms with E-state index >= 15 is 0 Å². The van der Waals surface area contributed by atoms with Crippen molar-refractivity contribution in [2.24, 2.45) is 35.5 Å². The van der Waals surface area contributed by atoms with Gasteiger partial charge >= 0.3 is 0 Å². The molecule has 3 unspecified atom stereocenters. The van der Waals surface area contributed by atoms with Crippen LogP contribution in [0.2, 0.25) is 0 Å². The maximum absolute atomic E-state index is 4.28. The van der Waals surface area contributed by atoms with Crippen molar-refractivity contribution in [2.75, 3.05) is 0 Å². The minimum Gasteiger partial charge on any atom is -0.388 e. The zero-order valence-electron chi connectivity index (χ0n) is 25.0. The second kappa shape index (κ2) is 15.0. The van der Waals surface area contributed by atoms with Gasteiger partial charge in [0.2, 0.25) is 0 Å². The molecule has 37 heavy (non-hydrogen) atoms. The number of hydrogen-bond donors (Lipinski definition) is 1. The molecule has 0 aliphatic heterocycles. The molecule has 0 heterocycles. The lowest BCUT2D eigenvalue weighted by molar-refractivity contribution is 0.137. The van der Waals surface area contributed by atoms with Crippen molar-refractivity contribution in [2.45, 2.75) is 155 Å². The van der Waals surface area contributed by atoms with Crippen molar-refractivity contribution in [1.82, 2.24) is 5.32 Å². The van der Waals surface area contributed by atoms with Crippen LogP contribution in [0.15, 0.2) is 35.6 Å². The van der Waals surface area contributed by atoms with Crippen molar-refractivity contribution in [3.63, 3.8) is 0 Å². The van der Waals surface area contributed by atoms with E-state index in [0.717, 1.165) is 35.5 Å². The van der Waals surface area contributed by atoms with Gasteiger partial charge in [0.25, 0.3) is 0 Å². The third-order valence-corrected chi connectivity index (χ3v) is 11.1. The standard InChI is InChI=1S/C36H61N/c1-27(2)36(24-30-14-10-11-15-30)29(4)32-16-7-5-6-8-17-33(25-32)34-21-20-31(23-34)26-37-35-18-12-9-13-28(3)19-22-35/h23,26-27,29-30,32-33,35-37H,3,5-22,24-25H2,1-2,4H3/b31-26+/t29-,32?,33?,35?,36+/m1/s1. The molecular weight excluding hydrogens is 446 g/mol. The molecular formula is C36H61N. The Kier molecular flexibility index (Phi) is 11.7. The molecule has 4 aliphatic rings. The summed E-state index contributed by atoms with van der Waals surface area (Å²) >= 11 is 0. The monoisotopic (exact) mass is 507 g/mol. The zero-order chi connectivity index (χ0) is 26.0. The SMILES string of the molecule is C=C1CCCCC(N/C=C2/C=C(C3CCCCCCC([C@@H](C)[C@@H](CC4CCCC4)C(C)C)C3)CC2)CC1. The largest absolute Gasteiger partial charge is 0.388 e. The molecule has 0 radical (unpaired) electrons. The maximum atomic E-state index is 4.28. The van der Waals surface area contributed by atoms with Gasteiger partial charge in [-0.25, -0.2) is 0 Å². The Morgan fingerprint density at radius 1 is 0.811 bits per heavy atom. The average molecular weight is 508 g/mol. The summed E-state index contributed by atoms with van der Waals surface area (Å²) in [7, 11) is 0. The maximum Gasteiger partial charge on any atom is 0.0258 e. The van der Waals surface area contributed by atoms with Crippen molar-refractivity contribution >= 4 is 0 Å². The fraction of sp³-hybridized carbons (Fsp3) is 0.833. The van der Waals surface area contributed by atoms with Crippen LogP contribution < -0.4 is 5.32 Å². The summed E-state index contributed by atoms with van der Waals surface area (Å²) in [5, 5.41) is 3.85. The smallest absolute Gasteiger partial charge is 0.0258 e. The Hall–Kier alpha value is -0.980. The first-order valence-corrected chi connectivity index (χ1v) is 16.8. The van der Waals surface area contributed by atoms with E-state index in [9.17, 15) is 0 Å². The van der Waals surface area contributed by atoms with Crippen molar-refractivity contribution in [1.29, 1.82) is 0 Å². The summed E-state index contributed by atoms with van der Waals surface area (Å²) in [5.41, 5.74) is 4.84. The minimum absolute atomic E-state index is 0.643. The van der Waals surface area contributed by atoms with Crippen LogP contribution in [-0.2, 0) is 0 Å². The highest BCUT2D eigenvalue weighted by molar-refractivity contribution is 5.32. The molecule has 3 fully saturated rings. The van der Waals surface area contributed by atoms with Gasteiger partial charge in [-0.15, -0.1) is 0 Å². The molecule has 4 rings (SSSR count). The van der Waals surface area contributed by atoms with Gasteiger partial charge in [0, 0.05) is 6.04 Å². The van der Waals surface area contributed by atoms with Gasteiger partial charge in [-0.1, -0.05) is 109 Å². The normalized spacial score (nSPS) is 31.8. The summed E-state index contributed by atoms with van der Waals surface area (Å²) in [4.78, 5) is 0. The first-order chi connectivity index (χ1) is 18.0. The van der Waals surface area contributed by atoms with E-state index in [0.29, 0.717) is 6.04 Å². The van der Waals surface area contributed by atoms with Gasteiger partial charge in [0.15, 0.2) is 0 Å². The molecule has 4 aliphatic carbocycles. The molecule has 0 aromatic rings. The quantitative estimate of drug-likeness (QED) is 0.322. The van der Waals surface area contributed by atoms with Crippen LogP contribution in [-0.4, -0.2) is 6.04 Å². The Balaban J connectivity index is 1.39. The van der Waals surface area contributed by atoms with Crippen molar-refractivity contribution in [3.8, 4) is 0 Å². The van der Waals surface area contributed by atoms with Gasteiger partial charge in [0.05, 0.1) is 0 Å². The topological polar surface area (TPSA) is 12.0 Å². The fourth-order valence-electron chi connectivity index (χ4n) is 8.55. The molecule has 0 spiro atoms. The van der Waals surface area contributed by atoms with Crippen LogP contribution in [0, 0.1) is 35.5 Å². The predicted octanol–water partition coefficient (Wildman–Crippen LogP) is 10.9. The molecule has 1 heteroatoms. The Morgan fingerprint density at radius 2 is 1.54 bits per heavy atom. The number of hydrogen-bond acceptors (Lipinski definition) is 1. The molecule has 0 amide bonds. The molecule has 0 bridgehead atoms. The van der Waals surface area contributed by atoms with Gasteiger partial charge in [-0.2, -0.15) is 0 Å². The van der Waals surface area contributed by atoms with E-state index in [2.05, 4.69) is 44.9 Å². The first-order valence-electron chi connectivity index (χ1n) is 16.8. The van der Waals surface area contributed by atoms with Gasteiger partial charge in [-0.3, -0.25) is 0 Å². The van der Waals surface area contributed by atoms with Crippen LogP contribution >= 0.6 is 0 Å². The zero-order valence-corrected chi connectivity index (χ0v) is 25.0. The van der Waals surface area contributed by atoms with Crippen LogP contribution in [0.3, 0.4) is 0 Å².